The van der Waals surface area contributed by atoms with Gasteiger partial charge in [0, 0.05) is 12.2 Å². The number of benzene rings is 2. The number of carbonyl (C=O) groups excluding carboxylic acids is 1. The summed E-state index contributed by atoms with van der Waals surface area (Å²) in [5.41, 5.74) is 4.11. The van der Waals surface area contributed by atoms with Gasteiger partial charge in [-0.3, -0.25) is 0 Å². The molecule has 4 heteroatoms. The Hall–Kier alpha value is -2.36. The summed E-state index contributed by atoms with van der Waals surface area (Å²) in [5.74, 6) is -1.23. The molecule has 0 unspecified atom stereocenters. The van der Waals surface area contributed by atoms with Gasteiger partial charge >= 0.3 is 5.97 Å². The molecule has 0 atom stereocenters. The van der Waals surface area contributed by atoms with Crippen molar-refractivity contribution in [3.8, 4) is 0 Å². The third kappa shape index (κ3) is 3.40. The highest BCUT2D eigenvalue weighted by molar-refractivity contribution is 5.89. The van der Waals surface area contributed by atoms with E-state index in [9.17, 15) is 9.18 Å². The SMILES string of the molecule is COC(=O)c1ccc(CNc2cccc(C)c2C)cc1F. The van der Waals surface area contributed by atoms with Crippen LogP contribution in [0.25, 0.3) is 0 Å². The van der Waals surface area contributed by atoms with Crippen molar-refractivity contribution >= 4 is 11.7 Å². The Bertz CT molecular complexity index is 668. The summed E-state index contributed by atoms with van der Waals surface area (Å²) >= 11 is 0. The lowest BCUT2D eigenvalue weighted by molar-refractivity contribution is 0.0595. The lowest BCUT2D eigenvalue weighted by atomic mass is 10.1. The van der Waals surface area contributed by atoms with Crippen molar-refractivity contribution in [1.29, 1.82) is 0 Å². The van der Waals surface area contributed by atoms with E-state index >= 15 is 0 Å². The van der Waals surface area contributed by atoms with Crippen molar-refractivity contribution in [2.24, 2.45) is 0 Å². The minimum Gasteiger partial charge on any atom is -0.465 e. The zero-order valence-electron chi connectivity index (χ0n) is 12.4. The lowest BCUT2D eigenvalue weighted by Gasteiger charge is -2.12. The van der Waals surface area contributed by atoms with Gasteiger partial charge in [0.2, 0.25) is 0 Å². The van der Waals surface area contributed by atoms with Crippen molar-refractivity contribution in [1.82, 2.24) is 0 Å². The van der Waals surface area contributed by atoms with Crippen LogP contribution in [0.1, 0.15) is 27.0 Å². The van der Waals surface area contributed by atoms with Crippen molar-refractivity contribution < 1.29 is 13.9 Å². The molecule has 2 rings (SSSR count). The summed E-state index contributed by atoms with van der Waals surface area (Å²) in [7, 11) is 1.23. The Morgan fingerprint density at radius 1 is 1.24 bits per heavy atom. The molecule has 110 valence electrons. The number of anilines is 1. The van der Waals surface area contributed by atoms with Gasteiger partial charge in [0.05, 0.1) is 12.7 Å². The summed E-state index contributed by atoms with van der Waals surface area (Å²) in [6.07, 6.45) is 0. The second kappa shape index (κ2) is 6.39. The van der Waals surface area contributed by atoms with E-state index in [0.717, 1.165) is 11.3 Å². The number of hydrogen-bond acceptors (Lipinski definition) is 3. The Labute approximate surface area is 123 Å². The largest absolute Gasteiger partial charge is 0.465 e. The summed E-state index contributed by atoms with van der Waals surface area (Å²) in [6.45, 7) is 4.58. The van der Waals surface area contributed by atoms with Gasteiger partial charge in [-0.25, -0.2) is 9.18 Å². The van der Waals surface area contributed by atoms with E-state index in [0.29, 0.717) is 6.54 Å². The molecule has 21 heavy (non-hydrogen) atoms. The fourth-order valence-electron chi connectivity index (χ4n) is 2.08. The number of rotatable bonds is 4. The van der Waals surface area contributed by atoms with Gasteiger partial charge in [0.1, 0.15) is 5.82 Å². The van der Waals surface area contributed by atoms with E-state index in [1.165, 1.54) is 30.4 Å². The Kier molecular flexibility index (Phi) is 4.58. The monoisotopic (exact) mass is 287 g/mol. The quantitative estimate of drug-likeness (QED) is 0.868. The molecule has 0 aliphatic rings. The molecular weight excluding hydrogens is 269 g/mol. The number of carbonyl (C=O) groups is 1. The van der Waals surface area contributed by atoms with Gasteiger partial charge in [-0.05, 0) is 48.7 Å². The van der Waals surface area contributed by atoms with Gasteiger partial charge in [-0.1, -0.05) is 18.2 Å². The van der Waals surface area contributed by atoms with Crippen LogP contribution >= 0.6 is 0 Å². The van der Waals surface area contributed by atoms with Crippen LogP contribution in [0.5, 0.6) is 0 Å². The first-order chi connectivity index (χ1) is 10.0. The molecule has 1 N–H and O–H groups in total. The summed E-state index contributed by atoms with van der Waals surface area (Å²) in [5, 5.41) is 3.28. The number of halogens is 1. The minimum atomic E-state index is -0.665. The third-order valence-electron chi connectivity index (χ3n) is 3.53. The molecule has 2 aromatic rings. The van der Waals surface area contributed by atoms with Crippen LogP contribution in [0.4, 0.5) is 10.1 Å². The van der Waals surface area contributed by atoms with Crippen molar-refractivity contribution in [2.75, 3.05) is 12.4 Å². The fourth-order valence-corrected chi connectivity index (χ4v) is 2.08. The van der Waals surface area contributed by atoms with Gasteiger partial charge < -0.3 is 10.1 Å². The van der Waals surface area contributed by atoms with E-state index in [1.807, 2.05) is 32.0 Å². The molecule has 0 aliphatic carbocycles. The maximum Gasteiger partial charge on any atom is 0.340 e. The molecule has 0 fully saturated rings. The third-order valence-corrected chi connectivity index (χ3v) is 3.53. The Morgan fingerprint density at radius 2 is 2.00 bits per heavy atom. The molecule has 0 bridgehead atoms. The van der Waals surface area contributed by atoms with E-state index < -0.39 is 11.8 Å². The average molecular weight is 287 g/mol. The van der Waals surface area contributed by atoms with E-state index in [1.54, 1.807) is 6.07 Å². The van der Waals surface area contributed by atoms with Gasteiger partial charge in [-0.15, -0.1) is 0 Å². The molecule has 0 heterocycles. The zero-order chi connectivity index (χ0) is 15.4. The van der Waals surface area contributed by atoms with Crippen LogP contribution in [0.15, 0.2) is 36.4 Å². The summed E-state index contributed by atoms with van der Waals surface area (Å²) in [4.78, 5) is 11.3. The standard InChI is InChI=1S/C17H18FNO2/c1-11-5-4-6-16(12(11)2)19-10-13-7-8-14(15(18)9-13)17(20)21-3/h4-9,19H,10H2,1-3H3. The normalized spacial score (nSPS) is 10.3. The molecule has 0 aliphatic heterocycles. The Morgan fingerprint density at radius 3 is 2.67 bits per heavy atom. The highest BCUT2D eigenvalue weighted by Gasteiger charge is 2.12. The molecule has 2 aromatic carbocycles. The number of hydrogen-bond donors (Lipinski definition) is 1. The molecule has 0 radical (unpaired) electrons. The molecule has 0 aromatic heterocycles. The summed E-state index contributed by atoms with van der Waals surface area (Å²) < 4.78 is 18.3. The van der Waals surface area contributed by atoms with Crippen LogP contribution in [-0.4, -0.2) is 13.1 Å². The fraction of sp³-hybridized carbons (Fsp3) is 0.235. The minimum absolute atomic E-state index is 0.0482. The highest BCUT2D eigenvalue weighted by Crippen LogP contribution is 2.19. The molecule has 3 nitrogen and oxygen atoms in total. The van der Waals surface area contributed by atoms with Crippen molar-refractivity contribution in [3.63, 3.8) is 0 Å². The number of esters is 1. The van der Waals surface area contributed by atoms with Crippen LogP contribution in [-0.2, 0) is 11.3 Å². The second-order valence-corrected chi connectivity index (χ2v) is 4.91. The molecule has 0 amide bonds. The second-order valence-electron chi connectivity index (χ2n) is 4.91. The first kappa shape index (κ1) is 15.0. The number of aryl methyl sites for hydroxylation is 1. The maximum absolute atomic E-state index is 13.8. The zero-order valence-corrected chi connectivity index (χ0v) is 12.4. The van der Waals surface area contributed by atoms with Crippen molar-refractivity contribution in [3.05, 3.63) is 64.5 Å². The van der Waals surface area contributed by atoms with Gasteiger partial charge in [0.25, 0.3) is 0 Å². The van der Waals surface area contributed by atoms with Gasteiger partial charge in [0.15, 0.2) is 0 Å². The smallest absolute Gasteiger partial charge is 0.340 e. The van der Waals surface area contributed by atoms with E-state index in [4.69, 9.17) is 0 Å². The Balaban J connectivity index is 2.12. The first-order valence-electron chi connectivity index (χ1n) is 6.69. The molecule has 0 saturated heterocycles. The van der Waals surface area contributed by atoms with Crippen LogP contribution in [0.2, 0.25) is 0 Å². The number of methoxy groups -OCH3 is 1. The van der Waals surface area contributed by atoms with E-state index in [-0.39, 0.29) is 5.56 Å². The first-order valence-corrected chi connectivity index (χ1v) is 6.69. The average Bonchev–Trinajstić information content (AvgIpc) is 2.48. The van der Waals surface area contributed by atoms with E-state index in [2.05, 4.69) is 10.1 Å². The molecule has 0 spiro atoms. The predicted octanol–water partition coefficient (Wildman–Crippen LogP) is 3.84. The molecular formula is C17H18FNO2. The van der Waals surface area contributed by atoms with Gasteiger partial charge in [-0.2, -0.15) is 0 Å². The van der Waals surface area contributed by atoms with Crippen LogP contribution < -0.4 is 5.32 Å². The number of nitrogens with one attached hydrogen (secondary N) is 1. The number of ether oxygens (including phenoxy) is 1. The highest BCUT2D eigenvalue weighted by atomic mass is 19.1. The predicted molar refractivity (Wildman–Crippen MR) is 81.0 cm³/mol. The van der Waals surface area contributed by atoms with Crippen molar-refractivity contribution in [2.45, 2.75) is 20.4 Å². The maximum atomic E-state index is 13.8. The van der Waals surface area contributed by atoms with Crippen LogP contribution in [0.3, 0.4) is 0 Å². The lowest BCUT2D eigenvalue weighted by Crippen LogP contribution is -2.07. The summed E-state index contributed by atoms with van der Waals surface area (Å²) in [6, 6.07) is 10.5. The topological polar surface area (TPSA) is 38.3 Å². The van der Waals surface area contributed by atoms with Crippen LogP contribution in [0, 0.1) is 19.7 Å². The molecule has 0 saturated carbocycles.